The number of anilines is 3. The maximum atomic E-state index is 13.8. The van der Waals surface area contributed by atoms with Crippen molar-refractivity contribution < 1.29 is 18.3 Å². The number of fused-ring (bicyclic) bond motifs is 1. The van der Waals surface area contributed by atoms with Gasteiger partial charge in [0, 0.05) is 49.1 Å². The van der Waals surface area contributed by atoms with E-state index in [0.29, 0.717) is 46.6 Å². The second-order valence-corrected chi connectivity index (χ2v) is 9.28. The van der Waals surface area contributed by atoms with Gasteiger partial charge in [-0.1, -0.05) is 20.8 Å². The highest BCUT2D eigenvalue weighted by molar-refractivity contribution is 5.94. The highest BCUT2D eigenvalue weighted by atomic mass is 19.3. The lowest BCUT2D eigenvalue weighted by molar-refractivity contribution is -0.0222. The zero-order valence-corrected chi connectivity index (χ0v) is 21.3. The van der Waals surface area contributed by atoms with E-state index in [-0.39, 0.29) is 31.8 Å². The van der Waals surface area contributed by atoms with Crippen LogP contribution in [0, 0.1) is 0 Å². The second kappa shape index (κ2) is 11.2. The lowest BCUT2D eigenvalue weighted by atomic mass is 10.1. The van der Waals surface area contributed by atoms with Gasteiger partial charge in [-0.3, -0.25) is 5.10 Å². The van der Waals surface area contributed by atoms with E-state index in [1.165, 1.54) is 0 Å². The summed E-state index contributed by atoms with van der Waals surface area (Å²) < 4.78 is 39.2. The molecule has 0 spiro atoms. The van der Waals surface area contributed by atoms with Crippen LogP contribution in [-0.2, 0) is 0 Å². The Bertz CT molecular complexity index is 1160. The van der Waals surface area contributed by atoms with Gasteiger partial charge in [-0.05, 0) is 31.5 Å². The maximum Gasteiger partial charge on any atom is 0.251 e. The molecule has 0 bridgehead atoms. The number of ether oxygens (including phenoxy) is 2. The van der Waals surface area contributed by atoms with Crippen LogP contribution < -0.4 is 25.0 Å². The Hall–Kier alpha value is -3.21. The van der Waals surface area contributed by atoms with Crippen molar-refractivity contribution in [3.05, 3.63) is 23.9 Å². The molecule has 1 saturated heterocycles. The van der Waals surface area contributed by atoms with Gasteiger partial charge in [0.25, 0.3) is 5.92 Å². The number of nitrogens with zero attached hydrogens (tertiary/aromatic N) is 4. The van der Waals surface area contributed by atoms with Crippen LogP contribution in [0.25, 0.3) is 10.9 Å². The fourth-order valence-electron chi connectivity index (χ4n) is 4.04. The molecule has 9 nitrogen and oxygen atoms in total. The molecular weight excluding hydrogens is 468 g/mol. The number of halogens is 2. The molecule has 1 fully saturated rings. The Morgan fingerprint density at radius 3 is 2.58 bits per heavy atom. The Morgan fingerprint density at radius 1 is 1.14 bits per heavy atom. The zero-order valence-electron chi connectivity index (χ0n) is 21.3. The average Bonchev–Trinajstić information content (AvgIpc) is 3.32. The molecule has 3 heterocycles. The van der Waals surface area contributed by atoms with Gasteiger partial charge in [-0.15, -0.1) is 0 Å². The topological polar surface area (TPSA) is 100 Å². The predicted molar refractivity (Wildman–Crippen MR) is 137 cm³/mol. The van der Waals surface area contributed by atoms with Gasteiger partial charge < -0.3 is 25.0 Å². The molecule has 2 aromatic heterocycles. The third-order valence-corrected chi connectivity index (χ3v) is 6.22. The van der Waals surface area contributed by atoms with E-state index in [1.807, 2.05) is 18.2 Å². The molecule has 4 rings (SSSR count). The quantitative estimate of drug-likeness (QED) is 0.320. The molecule has 1 aliphatic heterocycles. The minimum atomic E-state index is -2.66. The van der Waals surface area contributed by atoms with Gasteiger partial charge in [-0.25, -0.2) is 13.8 Å². The summed E-state index contributed by atoms with van der Waals surface area (Å²) in [6, 6.07) is 5.58. The summed E-state index contributed by atoms with van der Waals surface area (Å²) in [4.78, 5) is 11.3. The summed E-state index contributed by atoms with van der Waals surface area (Å²) in [7, 11) is 1.59. The Kier molecular flexibility index (Phi) is 8.07. The van der Waals surface area contributed by atoms with Crippen LogP contribution in [0.1, 0.15) is 51.6 Å². The largest absolute Gasteiger partial charge is 0.493 e. The molecule has 0 unspecified atom stereocenters. The fraction of sp³-hybridized carbons (Fsp3) is 0.560. The van der Waals surface area contributed by atoms with E-state index in [2.05, 4.69) is 41.6 Å². The number of piperidine rings is 1. The first-order chi connectivity index (χ1) is 17.3. The smallest absolute Gasteiger partial charge is 0.251 e. The van der Waals surface area contributed by atoms with E-state index in [9.17, 15) is 8.78 Å². The van der Waals surface area contributed by atoms with Crippen LogP contribution in [0.5, 0.6) is 11.5 Å². The summed E-state index contributed by atoms with van der Waals surface area (Å²) >= 11 is 0. The lowest BCUT2D eigenvalue weighted by Gasteiger charge is -2.32. The molecule has 1 aliphatic rings. The number of alkyl halides is 2. The number of aromatic amines is 1. The average molecular weight is 504 g/mol. The fourth-order valence-corrected chi connectivity index (χ4v) is 4.04. The molecule has 11 heteroatoms. The molecule has 0 aliphatic carbocycles. The molecule has 0 saturated carbocycles. The molecule has 0 radical (unpaired) electrons. The van der Waals surface area contributed by atoms with E-state index in [1.54, 1.807) is 12.0 Å². The number of hydrogen-bond donors (Lipinski definition) is 3. The number of rotatable bonds is 11. The SMILES string of the molecule is CCNCCCOc1cc2nc(N3CCC(F)(F)CC3)nc(Nc3cc(C(C)C)[nH]n3)c2cc1OC. The van der Waals surface area contributed by atoms with Crippen LogP contribution in [0.15, 0.2) is 18.2 Å². The van der Waals surface area contributed by atoms with Crippen molar-refractivity contribution in [2.24, 2.45) is 0 Å². The second-order valence-electron chi connectivity index (χ2n) is 9.28. The highest BCUT2D eigenvalue weighted by Gasteiger charge is 2.35. The van der Waals surface area contributed by atoms with E-state index < -0.39 is 5.92 Å². The number of aromatic nitrogens is 4. The highest BCUT2D eigenvalue weighted by Crippen LogP contribution is 2.37. The predicted octanol–water partition coefficient (Wildman–Crippen LogP) is 4.84. The van der Waals surface area contributed by atoms with Crippen molar-refractivity contribution in [3.8, 4) is 11.5 Å². The van der Waals surface area contributed by atoms with Gasteiger partial charge in [-0.2, -0.15) is 10.1 Å². The van der Waals surface area contributed by atoms with Gasteiger partial charge in [0.05, 0.1) is 19.2 Å². The molecule has 3 N–H and O–H groups in total. The van der Waals surface area contributed by atoms with Crippen LogP contribution in [0.2, 0.25) is 0 Å². The Balaban J connectivity index is 1.69. The lowest BCUT2D eigenvalue weighted by Crippen LogP contribution is -2.40. The van der Waals surface area contributed by atoms with Gasteiger partial charge in [0.15, 0.2) is 17.3 Å². The first-order valence-corrected chi connectivity index (χ1v) is 12.5. The number of H-pyrrole nitrogens is 1. The zero-order chi connectivity index (χ0) is 25.7. The normalized spacial score (nSPS) is 15.5. The minimum Gasteiger partial charge on any atom is -0.493 e. The number of hydrogen-bond acceptors (Lipinski definition) is 8. The molecule has 0 amide bonds. The van der Waals surface area contributed by atoms with Gasteiger partial charge in [0.1, 0.15) is 5.82 Å². The van der Waals surface area contributed by atoms with Crippen molar-refractivity contribution in [1.29, 1.82) is 0 Å². The van der Waals surface area contributed by atoms with Crippen molar-refractivity contribution in [1.82, 2.24) is 25.5 Å². The summed E-state index contributed by atoms with van der Waals surface area (Å²) in [6.07, 6.45) is 0.393. The molecule has 196 valence electrons. The molecule has 1 aromatic carbocycles. The van der Waals surface area contributed by atoms with E-state index in [0.717, 1.165) is 25.2 Å². The number of nitrogens with one attached hydrogen (secondary N) is 3. The van der Waals surface area contributed by atoms with Crippen molar-refractivity contribution in [2.45, 2.75) is 51.9 Å². The molecule has 36 heavy (non-hydrogen) atoms. The number of benzene rings is 1. The first kappa shape index (κ1) is 25.9. The number of methoxy groups -OCH3 is 1. The monoisotopic (exact) mass is 503 g/mol. The van der Waals surface area contributed by atoms with Crippen molar-refractivity contribution >= 4 is 28.5 Å². The molecule has 0 atom stereocenters. The first-order valence-electron chi connectivity index (χ1n) is 12.5. The third kappa shape index (κ3) is 6.13. The Morgan fingerprint density at radius 2 is 1.92 bits per heavy atom. The van der Waals surface area contributed by atoms with E-state index in [4.69, 9.17) is 19.4 Å². The van der Waals surface area contributed by atoms with Gasteiger partial charge in [0.2, 0.25) is 5.95 Å². The summed E-state index contributed by atoms with van der Waals surface area (Å²) in [6.45, 7) is 8.86. The van der Waals surface area contributed by atoms with Crippen LogP contribution in [0.4, 0.5) is 26.4 Å². The Labute approximate surface area is 210 Å². The van der Waals surface area contributed by atoms with Crippen LogP contribution >= 0.6 is 0 Å². The standard InChI is InChI=1S/C25H35F2N7O2/c1-5-28-9-6-12-36-21-14-19-17(13-20(21)35-4)23(30-22-15-18(16(2)3)32-33-22)31-24(29-19)34-10-7-25(26,27)8-11-34/h13-16,28H,5-12H2,1-4H3,(H2,29,30,31,32,33). The summed E-state index contributed by atoms with van der Waals surface area (Å²) in [5.74, 6) is 0.287. The minimum absolute atomic E-state index is 0.182. The molecular formula is C25H35F2N7O2. The van der Waals surface area contributed by atoms with Crippen molar-refractivity contribution in [2.75, 3.05) is 50.1 Å². The third-order valence-electron chi connectivity index (χ3n) is 6.22. The molecule has 3 aromatic rings. The maximum absolute atomic E-state index is 13.8. The summed E-state index contributed by atoms with van der Waals surface area (Å²) in [5, 5.41) is 14.7. The van der Waals surface area contributed by atoms with Crippen molar-refractivity contribution in [3.63, 3.8) is 0 Å². The van der Waals surface area contributed by atoms with Gasteiger partial charge >= 0.3 is 0 Å². The van der Waals surface area contributed by atoms with Crippen LogP contribution in [-0.4, -0.2) is 66.0 Å². The van der Waals surface area contributed by atoms with E-state index >= 15 is 0 Å². The van der Waals surface area contributed by atoms with Crippen LogP contribution in [0.3, 0.4) is 0 Å². The summed E-state index contributed by atoms with van der Waals surface area (Å²) in [5.41, 5.74) is 1.61.